The first kappa shape index (κ1) is 17.0. The summed E-state index contributed by atoms with van der Waals surface area (Å²) < 4.78 is 21.9. The molecule has 0 bridgehead atoms. The van der Waals surface area contributed by atoms with Crippen molar-refractivity contribution in [1.29, 1.82) is 5.26 Å². The largest absolute Gasteiger partial charge is 0.479 e. The van der Waals surface area contributed by atoms with Crippen LogP contribution in [0.1, 0.15) is 17.0 Å². The highest BCUT2D eigenvalue weighted by atomic mass is 35.5. The number of halogens is 1. The molecule has 0 aromatic heterocycles. The van der Waals surface area contributed by atoms with Crippen LogP contribution in [0, 0.1) is 23.7 Å². The summed E-state index contributed by atoms with van der Waals surface area (Å²) in [6.45, 7) is 0.239. The smallest absolute Gasteiger partial charge is 0.231 e. The molecule has 0 saturated heterocycles. The molecule has 6 nitrogen and oxygen atoms in total. The van der Waals surface area contributed by atoms with Crippen molar-refractivity contribution in [2.45, 2.75) is 5.92 Å². The van der Waals surface area contributed by atoms with E-state index in [1.54, 1.807) is 24.3 Å². The molecule has 1 atom stereocenters. The maximum atomic E-state index is 9.65. The summed E-state index contributed by atoms with van der Waals surface area (Å²) in [5.41, 5.74) is 7.78. The minimum atomic E-state index is -0.465. The van der Waals surface area contributed by atoms with Crippen molar-refractivity contribution >= 4 is 11.6 Å². The zero-order valence-electron chi connectivity index (χ0n) is 14.0. The summed E-state index contributed by atoms with van der Waals surface area (Å²) >= 11 is 6.33. The number of rotatable bonds is 3. The molecule has 0 aliphatic carbocycles. The van der Waals surface area contributed by atoms with E-state index < -0.39 is 5.92 Å². The van der Waals surface area contributed by atoms with Gasteiger partial charge >= 0.3 is 0 Å². The molecule has 7 heteroatoms. The predicted octanol–water partition coefficient (Wildman–Crippen LogP) is 3.30. The molecule has 0 unspecified atom stereocenters. The van der Waals surface area contributed by atoms with Crippen LogP contribution in [0.15, 0.2) is 41.8 Å². The molecule has 2 N–H and O–H groups in total. The van der Waals surface area contributed by atoms with E-state index in [-0.39, 0.29) is 24.9 Å². The number of terminal acetylenes is 1. The number of nitriles is 1. The van der Waals surface area contributed by atoms with Crippen molar-refractivity contribution in [3.05, 3.63) is 57.9 Å². The molecule has 2 aliphatic heterocycles. The molecule has 134 valence electrons. The highest BCUT2D eigenvalue weighted by Gasteiger charge is 2.33. The number of nitrogens with two attached hydrogens (primary N) is 1. The Morgan fingerprint density at radius 1 is 1.22 bits per heavy atom. The average molecular weight is 381 g/mol. The number of ether oxygens (including phenoxy) is 4. The molecule has 2 aromatic carbocycles. The van der Waals surface area contributed by atoms with Crippen LogP contribution >= 0.6 is 11.6 Å². The van der Waals surface area contributed by atoms with Crippen molar-refractivity contribution in [3.63, 3.8) is 0 Å². The lowest BCUT2D eigenvalue weighted by atomic mass is 9.83. The minimum Gasteiger partial charge on any atom is -0.479 e. The zero-order chi connectivity index (χ0) is 19.0. The van der Waals surface area contributed by atoms with E-state index in [9.17, 15) is 5.26 Å². The van der Waals surface area contributed by atoms with E-state index in [0.717, 1.165) is 11.1 Å². The highest BCUT2D eigenvalue weighted by Crippen LogP contribution is 2.48. The molecule has 2 aromatic rings. The lowest BCUT2D eigenvalue weighted by Gasteiger charge is -2.27. The van der Waals surface area contributed by atoms with Gasteiger partial charge in [-0.05, 0) is 23.8 Å². The Morgan fingerprint density at radius 3 is 2.70 bits per heavy atom. The average Bonchev–Trinajstić information content (AvgIpc) is 3.11. The van der Waals surface area contributed by atoms with Crippen LogP contribution < -0.4 is 24.7 Å². The third kappa shape index (κ3) is 2.87. The Bertz CT molecular complexity index is 1050. The SMILES string of the molecule is C#CCOc1ccc([C@@H]2C(C#N)=C(N)Oc3cc4c(cc32)OCO4)cc1Cl. The van der Waals surface area contributed by atoms with Crippen molar-refractivity contribution in [2.24, 2.45) is 5.73 Å². The lowest BCUT2D eigenvalue weighted by Crippen LogP contribution is -2.21. The van der Waals surface area contributed by atoms with Crippen molar-refractivity contribution in [2.75, 3.05) is 13.4 Å². The van der Waals surface area contributed by atoms with Crippen LogP contribution in [0.4, 0.5) is 0 Å². The van der Waals surface area contributed by atoms with Crippen molar-refractivity contribution in [1.82, 2.24) is 0 Å². The monoisotopic (exact) mass is 380 g/mol. The Hall–Kier alpha value is -3.48. The number of fused-ring (bicyclic) bond motifs is 2. The fourth-order valence-electron chi connectivity index (χ4n) is 3.12. The van der Waals surface area contributed by atoms with Crippen LogP contribution in [-0.2, 0) is 0 Å². The Labute approximate surface area is 160 Å². The molecule has 0 amide bonds. The van der Waals surface area contributed by atoms with Crippen LogP contribution in [0.3, 0.4) is 0 Å². The number of benzene rings is 2. The Kier molecular flexibility index (Phi) is 4.19. The van der Waals surface area contributed by atoms with Gasteiger partial charge in [0, 0.05) is 11.6 Å². The fraction of sp³-hybridized carbons (Fsp3) is 0.150. The molecule has 2 heterocycles. The van der Waals surface area contributed by atoms with Gasteiger partial charge in [0.1, 0.15) is 29.7 Å². The van der Waals surface area contributed by atoms with Gasteiger partial charge in [0.25, 0.3) is 0 Å². The molecular weight excluding hydrogens is 368 g/mol. The van der Waals surface area contributed by atoms with E-state index in [0.29, 0.717) is 28.0 Å². The minimum absolute atomic E-state index is 0.0395. The van der Waals surface area contributed by atoms with Gasteiger partial charge in [-0.15, -0.1) is 6.42 Å². The lowest BCUT2D eigenvalue weighted by molar-refractivity contribution is 0.174. The predicted molar refractivity (Wildman–Crippen MR) is 97.6 cm³/mol. The second-order valence-electron chi connectivity index (χ2n) is 5.85. The molecule has 0 radical (unpaired) electrons. The van der Waals surface area contributed by atoms with Gasteiger partial charge in [0.15, 0.2) is 11.5 Å². The summed E-state index contributed by atoms with van der Waals surface area (Å²) in [4.78, 5) is 0. The number of nitrogens with zero attached hydrogens (tertiary/aromatic N) is 1. The standard InChI is InChI=1S/C20H13ClN2O4/c1-2-5-24-15-4-3-11(6-14(15)21)19-12-7-17-18(26-10-25-17)8-16(12)27-20(23)13(19)9-22/h1,3-4,6-8,19H,5,10,23H2/t19-/m0/s1. The van der Waals surface area contributed by atoms with Gasteiger partial charge in [-0.25, -0.2) is 0 Å². The summed E-state index contributed by atoms with van der Waals surface area (Å²) in [5.74, 6) is 4.08. The molecule has 2 aliphatic rings. The number of hydrogen-bond donors (Lipinski definition) is 1. The first-order chi connectivity index (χ1) is 13.1. The van der Waals surface area contributed by atoms with Crippen LogP contribution in [0.2, 0.25) is 5.02 Å². The van der Waals surface area contributed by atoms with E-state index in [1.165, 1.54) is 0 Å². The summed E-state index contributed by atoms with van der Waals surface area (Å²) in [5, 5.41) is 10.0. The number of hydrogen-bond acceptors (Lipinski definition) is 6. The van der Waals surface area contributed by atoms with E-state index >= 15 is 0 Å². The Balaban J connectivity index is 1.83. The molecular formula is C20H13ClN2O4. The topological polar surface area (TPSA) is 86.7 Å². The van der Waals surface area contributed by atoms with Crippen LogP contribution in [-0.4, -0.2) is 13.4 Å². The zero-order valence-corrected chi connectivity index (χ0v) is 14.7. The van der Waals surface area contributed by atoms with Gasteiger partial charge in [-0.3, -0.25) is 0 Å². The van der Waals surface area contributed by atoms with E-state index in [2.05, 4.69) is 12.0 Å². The van der Waals surface area contributed by atoms with Gasteiger partial charge in [0.2, 0.25) is 12.7 Å². The van der Waals surface area contributed by atoms with Crippen molar-refractivity contribution < 1.29 is 18.9 Å². The van der Waals surface area contributed by atoms with Gasteiger partial charge in [-0.1, -0.05) is 23.6 Å². The third-order valence-electron chi connectivity index (χ3n) is 4.31. The second-order valence-corrected chi connectivity index (χ2v) is 6.26. The van der Waals surface area contributed by atoms with E-state index in [4.69, 9.17) is 42.7 Å². The second kappa shape index (κ2) is 6.68. The third-order valence-corrected chi connectivity index (χ3v) is 4.61. The summed E-state index contributed by atoms with van der Waals surface area (Å²) in [6.07, 6.45) is 5.21. The van der Waals surface area contributed by atoms with Crippen molar-refractivity contribution in [3.8, 4) is 41.4 Å². The quantitative estimate of drug-likeness (QED) is 0.822. The molecule has 0 spiro atoms. The van der Waals surface area contributed by atoms with Gasteiger partial charge in [0.05, 0.1) is 10.9 Å². The summed E-state index contributed by atoms with van der Waals surface area (Å²) in [7, 11) is 0. The first-order valence-electron chi connectivity index (χ1n) is 7.99. The first-order valence-corrected chi connectivity index (χ1v) is 8.37. The summed E-state index contributed by atoms with van der Waals surface area (Å²) in [6, 6.07) is 10.9. The van der Waals surface area contributed by atoms with Crippen LogP contribution in [0.25, 0.3) is 0 Å². The molecule has 4 rings (SSSR count). The molecule has 0 fully saturated rings. The fourth-order valence-corrected chi connectivity index (χ4v) is 3.37. The molecule has 27 heavy (non-hydrogen) atoms. The maximum Gasteiger partial charge on any atom is 0.231 e. The van der Waals surface area contributed by atoms with Crippen LogP contribution in [0.5, 0.6) is 23.0 Å². The number of allylic oxidation sites excluding steroid dienone is 1. The molecule has 0 saturated carbocycles. The van der Waals surface area contributed by atoms with Gasteiger partial charge < -0.3 is 24.7 Å². The maximum absolute atomic E-state index is 9.65. The highest BCUT2D eigenvalue weighted by molar-refractivity contribution is 6.32. The van der Waals surface area contributed by atoms with E-state index in [1.807, 2.05) is 6.07 Å². The normalized spacial score (nSPS) is 16.8. The van der Waals surface area contributed by atoms with Gasteiger partial charge in [-0.2, -0.15) is 5.26 Å². The Morgan fingerprint density at radius 2 is 2.00 bits per heavy atom.